The molecule has 0 amide bonds. The van der Waals surface area contributed by atoms with E-state index in [0.717, 1.165) is 0 Å². The van der Waals surface area contributed by atoms with Crippen LogP contribution in [0.5, 0.6) is 0 Å². The zero-order valence-corrected chi connectivity index (χ0v) is 12.4. The van der Waals surface area contributed by atoms with Gasteiger partial charge in [0.2, 0.25) is 0 Å². The van der Waals surface area contributed by atoms with E-state index in [1.54, 1.807) is 23.8 Å². The number of ether oxygens (including phenoxy) is 1. The van der Waals surface area contributed by atoms with Crippen LogP contribution < -0.4 is 5.73 Å². The fourth-order valence-electron chi connectivity index (χ4n) is 2.90. The van der Waals surface area contributed by atoms with Crippen molar-refractivity contribution >= 4 is 16.9 Å². The second-order valence-electron chi connectivity index (χ2n) is 5.82. The summed E-state index contributed by atoms with van der Waals surface area (Å²) in [5, 5.41) is 31.6. The number of nitrogen functional groups attached to an aromatic ring is 1. The predicted molar refractivity (Wildman–Crippen MR) is 78.8 cm³/mol. The Kier molecular flexibility index (Phi) is 3.56. The molecule has 8 nitrogen and oxygen atoms in total. The molecule has 3 heterocycles. The number of nitrogens with two attached hydrogens (primary N) is 1. The van der Waals surface area contributed by atoms with Crippen molar-refractivity contribution in [3.63, 3.8) is 0 Å². The van der Waals surface area contributed by atoms with Gasteiger partial charge in [-0.3, -0.25) is 0 Å². The lowest BCUT2D eigenvalue weighted by atomic mass is 9.93. The molecule has 2 aromatic heterocycles. The number of nitrogens with zero attached hydrogens (tertiary/aromatic N) is 3. The highest BCUT2D eigenvalue weighted by atomic mass is 16.6. The van der Waals surface area contributed by atoms with Gasteiger partial charge in [0.1, 0.15) is 35.6 Å². The number of aliphatic hydroxyl groups is 3. The Morgan fingerprint density at radius 3 is 2.91 bits per heavy atom. The van der Waals surface area contributed by atoms with Crippen molar-refractivity contribution in [2.45, 2.75) is 50.4 Å². The fourth-order valence-corrected chi connectivity index (χ4v) is 2.90. The summed E-state index contributed by atoms with van der Waals surface area (Å²) in [7, 11) is 0. The Labute approximate surface area is 127 Å². The molecule has 0 radical (unpaired) electrons. The SMILES string of the molecule is CCC(O)[C@H]1O[C@@H](n2ccc3c(N)ncnc32)[C@](C)(O)[C@@H]1O. The van der Waals surface area contributed by atoms with Crippen LogP contribution >= 0.6 is 0 Å². The highest BCUT2D eigenvalue weighted by Crippen LogP contribution is 2.41. The molecule has 120 valence electrons. The van der Waals surface area contributed by atoms with Gasteiger partial charge in [-0.25, -0.2) is 9.97 Å². The number of anilines is 1. The Morgan fingerprint density at radius 1 is 1.50 bits per heavy atom. The van der Waals surface area contributed by atoms with Gasteiger partial charge in [0.15, 0.2) is 6.23 Å². The maximum atomic E-state index is 10.7. The van der Waals surface area contributed by atoms with Gasteiger partial charge in [0, 0.05) is 6.20 Å². The first-order valence-electron chi connectivity index (χ1n) is 7.19. The van der Waals surface area contributed by atoms with Crippen LogP contribution in [0.1, 0.15) is 26.5 Å². The van der Waals surface area contributed by atoms with Crippen LogP contribution in [0.15, 0.2) is 18.6 Å². The van der Waals surface area contributed by atoms with Gasteiger partial charge < -0.3 is 30.4 Å². The van der Waals surface area contributed by atoms with Gasteiger partial charge in [0.25, 0.3) is 0 Å². The molecule has 0 aromatic carbocycles. The topological polar surface area (TPSA) is 127 Å². The summed E-state index contributed by atoms with van der Waals surface area (Å²) in [6, 6.07) is 1.72. The molecular weight excluding hydrogens is 288 g/mol. The number of aliphatic hydroxyl groups excluding tert-OH is 2. The van der Waals surface area contributed by atoms with E-state index in [2.05, 4.69) is 9.97 Å². The second-order valence-corrected chi connectivity index (χ2v) is 5.82. The second kappa shape index (κ2) is 5.17. The lowest BCUT2D eigenvalue weighted by Gasteiger charge is -2.27. The van der Waals surface area contributed by atoms with Gasteiger partial charge in [-0.1, -0.05) is 6.92 Å². The molecule has 8 heteroatoms. The average Bonchev–Trinajstić information content (AvgIpc) is 3.00. The van der Waals surface area contributed by atoms with Crippen molar-refractivity contribution < 1.29 is 20.1 Å². The molecule has 1 unspecified atom stereocenters. The third kappa shape index (κ3) is 2.07. The summed E-state index contributed by atoms with van der Waals surface area (Å²) in [5.41, 5.74) is 4.72. The van der Waals surface area contributed by atoms with Crippen LogP contribution in [0.4, 0.5) is 5.82 Å². The summed E-state index contributed by atoms with van der Waals surface area (Å²) in [4.78, 5) is 8.08. The fraction of sp³-hybridized carbons (Fsp3) is 0.571. The zero-order chi connectivity index (χ0) is 16.1. The monoisotopic (exact) mass is 308 g/mol. The number of aromatic nitrogens is 3. The molecular formula is C14H20N4O4. The van der Waals surface area contributed by atoms with E-state index in [1.807, 2.05) is 0 Å². The first-order valence-corrected chi connectivity index (χ1v) is 7.19. The van der Waals surface area contributed by atoms with E-state index < -0.39 is 30.1 Å². The molecule has 0 bridgehead atoms. The molecule has 3 rings (SSSR count). The first kappa shape index (κ1) is 15.2. The predicted octanol–water partition coefficient (Wildman–Crippen LogP) is -0.206. The minimum atomic E-state index is -1.58. The largest absolute Gasteiger partial charge is 0.390 e. The van der Waals surface area contributed by atoms with Crippen LogP contribution in [-0.4, -0.2) is 53.8 Å². The smallest absolute Gasteiger partial charge is 0.167 e. The van der Waals surface area contributed by atoms with Crippen LogP contribution in [0.25, 0.3) is 11.0 Å². The van der Waals surface area contributed by atoms with Crippen LogP contribution in [0.2, 0.25) is 0 Å². The number of hydrogen-bond acceptors (Lipinski definition) is 7. The Balaban J connectivity index is 2.05. The molecule has 22 heavy (non-hydrogen) atoms. The number of fused-ring (bicyclic) bond motifs is 1. The number of rotatable bonds is 3. The molecule has 1 fully saturated rings. The normalized spacial score (nSPS) is 33.4. The van der Waals surface area contributed by atoms with Crippen LogP contribution in [0, 0.1) is 0 Å². The number of hydrogen-bond donors (Lipinski definition) is 4. The highest BCUT2D eigenvalue weighted by molar-refractivity contribution is 5.86. The highest BCUT2D eigenvalue weighted by Gasteiger charge is 2.55. The van der Waals surface area contributed by atoms with E-state index in [0.29, 0.717) is 23.3 Å². The van der Waals surface area contributed by atoms with Gasteiger partial charge in [-0.05, 0) is 19.4 Å². The zero-order valence-electron chi connectivity index (χ0n) is 12.4. The van der Waals surface area contributed by atoms with Crippen molar-refractivity contribution in [3.05, 3.63) is 18.6 Å². The molecule has 5 N–H and O–H groups in total. The molecule has 5 atom stereocenters. The van der Waals surface area contributed by atoms with Crippen molar-refractivity contribution in [1.82, 2.24) is 14.5 Å². The minimum absolute atomic E-state index is 0.326. The van der Waals surface area contributed by atoms with E-state index in [-0.39, 0.29) is 0 Å². The summed E-state index contributed by atoms with van der Waals surface area (Å²) >= 11 is 0. The van der Waals surface area contributed by atoms with Gasteiger partial charge in [0.05, 0.1) is 11.5 Å². The molecule has 1 saturated heterocycles. The Hall–Kier alpha value is -1.74. The van der Waals surface area contributed by atoms with Gasteiger partial charge in [-0.2, -0.15) is 0 Å². The van der Waals surface area contributed by atoms with Crippen LogP contribution in [0.3, 0.4) is 0 Å². The maximum absolute atomic E-state index is 10.7. The summed E-state index contributed by atoms with van der Waals surface area (Å²) in [6.45, 7) is 3.25. The lowest BCUT2D eigenvalue weighted by Crippen LogP contribution is -2.46. The molecule has 2 aromatic rings. The van der Waals surface area contributed by atoms with E-state index in [1.165, 1.54) is 13.3 Å². The van der Waals surface area contributed by atoms with Gasteiger partial charge in [-0.15, -0.1) is 0 Å². The lowest BCUT2D eigenvalue weighted by molar-refractivity contribution is -0.100. The third-order valence-electron chi connectivity index (χ3n) is 4.29. The minimum Gasteiger partial charge on any atom is -0.390 e. The van der Waals surface area contributed by atoms with Crippen molar-refractivity contribution in [2.75, 3.05) is 5.73 Å². The van der Waals surface area contributed by atoms with Gasteiger partial charge >= 0.3 is 0 Å². The standard InChI is InChI=1S/C14H20N4O4/c1-3-8(19)9-10(20)14(2,21)13(22-9)18-5-4-7-11(15)16-6-17-12(7)18/h4-6,8-10,13,19-21H,3H2,1-2H3,(H2,15,16,17)/t8?,9-,10-,13-,14-/m1/s1. The molecule has 1 aliphatic rings. The maximum Gasteiger partial charge on any atom is 0.167 e. The Morgan fingerprint density at radius 2 is 2.23 bits per heavy atom. The van der Waals surface area contributed by atoms with Crippen molar-refractivity contribution in [2.24, 2.45) is 0 Å². The van der Waals surface area contributed by atoms with Crippen molar-refractivity contribution in [3.8, 4) is 0 Å². The van der Waals surface area contributed by atoms with E-state index >= 15 is 0 Å². The van der Waals surface area contributed by atoms with Crippen LogP contribution in [-0.2, 0) is 4.74 Å². The summed E-state index contributed by atoms with van der Waals surface area (Å²) in [5.74, 6) is 0.326. The summed E-state index contributed by atoms with van der Waals surface area (Å²) in [6.07, 6.45) is -0.444. The molecule has 0 saturated carbocycles. The molecule has 1 aliphatic heterocycles. The molecule has 0 spiro atoms. The van der Waals surface area contributed by atoms with Crippen molar-refractivity contribution in [1.29, 1.82) is 0 Å². The van der Waals surface area contributed by atoms with E-state index in [4.69, 9.17) is 10.5 Å². The molecule has 0 aliphatic carbocycles. The Bertz CT molecular complexity index is 687. The quantitative estimate of drug-likeness (QED) is 0.618. The first-order chi connectivity index (χ1) is 10.4. The van der Waals surface area contributed by atoms with E-state index in [9.17, 15) is 15.3 Å². The third-order valence-corrected chi connectivity index (χ3v) is 4.29. The summed E-state index contributed by atoms with van der Waals surface area (Å²) < 4.78 is 7.34. The average molecular weight is 308 g/mol.